The third kappa shape index (κ3) is 4.26. The molecular formula is C17H26N2O. The molecule has 0 bridgehead atoms. The molecule has 1 aromatic rings. The largest absolute Gasteiger partial charge is 0.399 e. The van der Waals surface area contributed by atoms with Gasteiger partial charge < -0.3 is 10.6 Å². The quantitative estimate of drug-likeness (QED) is 0.838. The zero-order valence-corrected chi connectivity index (χ0v) is 12.5. The summed E-state index contributed by atoms with van der Waals surface area (Å²) in [4.78, 5) is 14.3. The molecule has 20 heavy (non-hydrogen) atoms. The van der Waals surface area contributed by atoms with E-state index in [1.165, 1.54) is 25.7 Å². The highest BCUT2D eigenvalue weighted by atomic mass is 16.2. The van der Waals surface area contributed by atoms with Crippen molar-refractivity contribution in [2.45, 2.75) is 45.4 Å². The molecule has 110 valence electrons. The molecule has 1 aromatic carbocycles. The lowest BCUT2D eigenvalue weighted by atomic mass is 9.92. The number of rotatable bonds is 5. The second kappa shape index (κ2) is 7.32. The molecule has 1 fully saturated rings. The predicted octanol–water partition coefficient (Wildman–Crippen LogP) is 3.24. The van der Waals surface area contributed by atoms with E-state index in [1.807, 2.05) is 29.2 Å². The maximum absolute atomic E-state index is 12.2. The molecule has 0 radical (unpaired) electrons. The van der Waals surface area contributed by atoms with E-state index in [1.54, 1.807) is 0 Å². The van der Waals surface area contributed by atoms with Gasteiger partial charge in [-0.2, -0.15) is 0 Å². The van der Waals surface area contributed by atoms with Crippen LogP contribution in [0.2, 0.25) is 0 Å². The second-order valence-electron chi connectivity index (χ2n) is 5.86. The molecule has 3 heteroatoms. The van der Waals surface area contributed by atoms with Gasteiger partial charge in [-0.3, -0.25) is 4.79 Å². The van der Waals surface area contributed by atoms with Crippen molar-refractivity contribution in [3.05, 3.63) is 29.8 Å². The van der Waals surface area contributed by atoms with Gasteiger partial charge in [0.15, 0.2) is 0 Å². The third-order valence-corrected chi connectivity index (χ3v) is 4.24. The van der Waals surface area contributed by atoms with Crippen LogP contribution in [0.5, 0.6) is 0 Å². The lowest BCUT2D eigenvalue weighted by molar-refractivity contribution is -0.132. The van der Waals surface area contributed by atoms with Gasteiger partial charge in [-0.25, -0.2) is 0 Å². The van der Waals surface area contributed by atoms with Gasteiger partial charge in [-0.1, -0.05) is 31.9 Å². The van der Waals surface area contributed by atoms with Crippen molar-refractivity contribution in [2.24, 2.45) is 5.92 Å². The molecule has 1 heterocycles. The van der Waals surface area contributed by atoms with Gasteiger partial charge in [0.25, 0.3) is 0 Å². The van der Waals surface area contributed by atoms with Gasteiger partial charge in [0, 0.05) is 25.2 Å². The van der Waals surface area contributed by atoms with E-state index >= 15 is 0 Å². The summed E-state index contributed by atoms with van der Waals surface area (Å²) >= 11 is 0. The summed E-state index contributed by atoms with van der Waals surface area (Å²) in [5.41, 5.74) is 7.68. The van der Waals surface area contributed by atoms with Crippen molar-refractivity contribution in [2.75, 3.05) is 18.8 Å². The number of carbonyl (C=O) groups is 1. The summed E-state index contributed by atoms with van der Waals surface area (Å²) in [5, 5.41) is 0. The Morgan fingerprint density at radius 2 is 2.10 bits per heavy atom. The maximum Gasteiger partial charge on any atom is 0.222 e. The number of likely N-dealkylation sites (tertiary alicyclic amines) is 1. The highest BCUT2D eigenvalue weighted by Crippen LogP contribution is 2.22. The number of nitrogens with zero attached hydrogens (tertiary/aromatic N) is 1. The average Bonchev–Trinajstić information content (AvgIpc) is 2.46. The van der Waals surface area contributed by atoms with Crippen molar-refractivity contribution in [3.63, 3.8) is 0 Å². The van der Waals surface area contributed by atoms with E-state index in [0.29, 0.717) is 12.3 Å². The Hall–Kier alpha value is -1.51. The SMILES string of the molecule is CCCC1CCN(C(=O)CCc2cccc(N)c2)CC1. The van der Waals surface area contributed by atoms with Crippen molar-refractivity contribution >= 4 is 11.6 Å². The Balaban J connectivity index is 1.76. The molecule has 0 unspecified atom stereocenters. The second-order valence-corrected chi connectivity index (χ2v) is 5.86. The number of benzene rings is 1. The van der Waals surface area contributed by atoms with Gasteiger partial charge in [-0.05, 0) is 42.9 Å². The summed E-state index contributed by atoms with van der Waals surface area (Å²) in [6, 6.07) is 7.83. The topological polar surface area (TPSA) is 46.3 Å². The first-order chi connectivity index (χ1) is 9.69. The maximum atomic E-state index is 12.2. The minimum absolute atomic E-state index is 0.294. The van der Waals surface area contributed by atoms with Gasteiger partial charge >= 0.3 is 0 Å². The Bertz CT molecular complexity index is 436. The van der Waals surface area contributed by atoms with Crippen LogP contribution >= 0.6 is 0 Å². The summed E-state index contributed by atoms with van der Waals surface area (Å²) in [6.45, 7) is 4.13. The zero-order valence-electron chi connectivity index (χ0n) is 12.5. The summed E-state index contributed by atoms with van der Waals surface area (Å²) in [6.07, 6.45) is 6.32. The van der Waals surface area contributed by atoms with E-state index in [4.69, 9.17) is 5.73 Å². The van der Waals surface area contributed by atoms with E-state index in [0.717, 1.165) is 36.7 Å². The molecule has 0 spiro atoms. The van der Waals surface area contributed by atoms with Crippen molar-refractivity contribution < 1.29 is 4.79 Å². The van der Waals surface area contributed by atoms with Crippen molar-refractivity contribution in [1.82, 2.24) is 4.90 Å². The fourth-order valence-electron chi connectivity index (χ4n) is 3.04. The fraction of sp³-hybridized carbons (Fsp3) is 0.588. The molecule has 0 saturated carbocycles. The summed E-state index contributed by atoms with van der Waals surface area (Å²) in [5.74, 6) is 1.13. The number of hydrogen-bond acceptors (Lipinski definition) is 2. The molecule has 1 aliphatic heterocycles. The van der Waals surface area contributed by atoms with E-state index in [9.17, 15) is 4.79 Å². The molecule has 1 saturated heterocycles. The number of anilines is 1. The molecule has 0 aliphatic carbocycles. The Labute approximate surface area is 122 Å². The first-order valence-corrected chi connectivity index (χ1v) is 7.81. The zero-order chi connectivity index (χ0) is 14.4. The molecular weight excluding hydrogens is 248 g/mol. The standard InChI is InChI=1S/C17H26N2O/c1-2-4-14-9-11-19(12-10-14)17(20)8-7-15-5-3-6-16(18)13-15/h3,5-6,13-14H,2,4,7-12,18H2,1H3. The van der Waals surface area contributed by atoms with Crippen LogP contribution in [-0.2, 0) is 11.2 Å². The number of amides is 1. The lowest BCUT2D eigenvalue weighted by Gasteiger charge is -2.32. The molecule has 0 atom stereocenters. The van der Waals surface area contributed by atoms with Crippen LogP contribution in [0.25, 0.3) is 0 Å². The number of aryl methyl sites for hydroxylation is 1. The third-order valence-electron chi connectivity index (χ3n) is 4.24. The number of hydrogen-bond donors (Lipinski definition) is 1. The number of nitrogen functional groups attached to an aromatic ring is 1. The normalized spacial score (nSPS) is 16.4. The smallest absolute Gasteiger partial charge is 0.222 e. The number of nitrogens with two attached hydrogens (primary N) is 1. The number of piperidine rings is 1. The molecule has 1 aliphatic rings. The van der Waals surface area contributed by atoms with Crippen LogP contribution in [0, 0.1) is 5.92 Å². The van der Waals surface area contributed by atoms with Crippen LogP contribution in [-0.4, -0.2) is 23.9 Å². The summed E-state index contributed by atoms with van der Waals surface area (Å²) in [7, 11) is 0. The Kier molecular flexibility index (Phi) is 5.45. The Morgan fingerprint density at radius 3 is 2.75 bits per heavy atom. The highest BCUT2D eigenvalue weighted by Gasteiger charge is 2.21. The van der Waals surface area contributed by atoms with Crippen molar-refractivity contribution in [3.8, 4) is 0 Å². The van der Waals surface area contributed by atoms with Crippen LogP contribution in [0.4, 0.5) is 5.69 Å². The predicted molar refractivity (Wildman–Crippen MR) is 83.4 cm³/mol. The average molecular weight is 274 g/mol. The molecule has 1 amide bonds. The fourth-order valence-corrected chi connectivity index (χ4v) is 3.04. The lowest BCUT2D eigenvalue weighted by Crippen LogP contribution is -2.38. The minimum atomic E-state index is 0.294. The molecule has 2 rings (SSSR count). The van der Waals surface area contributed by atoms with Gasteiger partial charge in [-0.15, -0.1) is 0 Å². The molecule has 2 N–H and O–H groups in total. The van der Waals surface area contributed by atoms with E-state index in [-0.39, 0.29) is 0 Å². The highest BCUT2D eigenvalue weighted by molar-refractivity contribution is 5.76. The minimum Gasteiger partial charge on any atom is -0.399 e. The monoisotopic (exact) mass is 274 g/mol. The first kappa shape index (κ1) is 14.9. The molecule has 0 aromatic heterocycles. The van der Waals surface area contributed by atoms with Crippen LogP contribution < -0.4 is 5.73 Å². The van der Waals surface area contributed by atoms with Crippen LogP contribution in [0.1, 0.15) is 44.6 Å². The summed E-state index contributed by atoms with van der Waals surface area (Å²) < 4.78 is 0. The van der Waals surface area contributed by atoms with Crippen LogP contribution in [0.3, 0.4) is 0 Å². The van der Waals surface area contributed by atoms with Gasteiger partial charge in [0.1, 0.15) is 0 Å². The number of carbonyl (C=O) groups excluding carboxylic acids is 1. The molecule has 3 nitrogen and oxygen atoms in total. The van der Waals surface area contributed by atoms with Crippen LogP contribution in [0.15, 0.2) is 24.3 Å². The Morgan fingerprint density at radius 1 is 1.35 bits per heavy atom. The first-order valence-electron chi connectivity index (χ1n) is 7.81. The van der Waals surface area contributed by atoms with Gasteiger partial charge in [0.05, 0.1) is 0 Å². The van der Waals surface area contributed by atoms with E-state index in [2.05, 4.69) is 6.92 Å². The van der Waals surface area contributed by atoms with Gasteiger partial charge in [0.2, 0.25) is 5.91 Å². The van der Waals surface area contributed by atoms with Crippen molar-refractivity contribution in [1.29, 1.82) is 0 Å². The van der Waals surface area contributed by atoms with E-state index < -0.39 is 0 Å².